The zero-order chi connectivity index (χ0) is 17.3. The lowest BCUT2D eigenvalue weighted by Gasteiger charge is -2.16. The van der Waals surface area contributed by atoms with E-state index in [1.54, 1.807) is 0 Å². The van der Waals surface area contributed by atoms with E-state index >= 15 is 0 Å². The second kappa shape index (κ2) is 9.68. The second-order valence-electron chi connectivity index (χ2n) is 4.28. The second-order valence-corrected chi connectivity index (χ2v) is 5.40. The number of aliphatic carboxylic acids is 2. The van der Waals surface area contributed by atoms with E-state index in [-0.39, 0.29) is 12.8 Å². The largest absolute Gasteiger partial charge is 0.480 e. The molecule has 0 rings (SSSR count). The van der Waals surface area contributed by atoms with Crippen LogP contribution in [0.4, 0.5) is 0 Å². The van der Waals surface area contributed by atoms with Crippen molar-refractivity contribution in [1.82, 2.24) is 10.6 Å². The van der Waals surface area contributed by atoms with E-state index in [2.05, 4.69) is 5.32 Å². The number of hydrogen-bond acceptors (Lipinski definition) is 7. The lowest BCUT2D eigenvalue weighted by molar-refractivity contribution is -0.139. The van der Waals surface area contributed by atoms with E-state index in [1.807, 2.05) is 5.32 Å². The van der Waals surface area contributed by atoms with E-state index in [4.69, 9.17) is 20.7 Å². The van der Waals surface area contributed by atoms with Crippen LogP contribution in [0.5, 0.6) is 0 Å². The maximum Gasteiger partial charge on any atom is 0.322 e. The quantitative estimate of drug-likeness (QED) is 0.206. The molecular formula is C10H18N4O7S. The monoisotopic (exact) mass is 338 g/mol. The van der Waals surface area contributed by atoms with Crippen LogP contribution in [0.1, 0.15) is 12.8 Å². The van der Waals surface area contributed by atoms with Gasteiger partial charge in [0.15, 0.2) is 0 Å². The van der Waals surface area contributed by atoms with Gasteiger partial charge in [-0.2, -0.15) is 0 Å². The molecule has 7 N–H and O–H groups in total. The van der Waals surface area contributed by atoms with Gasteiger partial charge in [0.1, 0.15) is 18.6 Å². The summed E-state index contributed by atoms with van der Waals surface area (Å²) < 4.78 is 17.9. The number of carboxylic acids is 2. The molecule has 11 nitrogen and oxygen atoms in total. The van der Waals surface area contributed by atoms with E-state index in [1.165, 1.54) is 0 Å². The first-order valence-corrected chi connectivity index (χ1v) is 7.51. The van der Waals surface area contributed by atoms with Crippen LogP contribution in [0, 0.1) is 4.78 Å². The molecule has 0 aliphatic rings. The summed E-state index contributed by atoms with van der Waals surface area (Å²) >= 11 is 0. The molecule has 12 heteroatoms. The van der Waals surface area contributed by atoms with Crippen LogP contribution in [0.2, 0.25) is 0 Å². The van der Waals surface area contributed by atoms with Crippen molar-refractivity contribution in [2.24, 2.45) is 5.73 Å². The van der Waals surface area contributed by atoms with Gasteiger partial charge in [-0.15, -0.1) is 0 Å². The van der Waals surface area contributed by atoms with Crippen LogP contribution in [0.15, 0.2) is 0 Å². The lowest BCUT2D eigenvalue weighted by atomic mass is 10.1. The number of hydrogen-bond donors (Lipinski definition) is 7. The number of carbonyl (C=O) groups excluding carboxylic acids is 2. The van der Waals surface area contributed by atoms with Gasteiger partial charge >= 0.3 is 11.9 Å². The molecule has 0 aliphatic carbocycles. The van der Waals surface area contributed by atoms with E-state index in [0.717, 1.165) is 0 Å². The van der Waals surface area contributed by atoms with Gasteiger partial charge in [-0.3, -0.25) is 28.2 Å². The fraction of sp³-hybridized carbons (Fsp3) is 0.600. The Hall–Kier alpha value is -2.21. The van der Waals surface area contributed by atoms with Crippen molar-refractivity contribution in [1.29, 1.82) is 4.78 Å². The van der Waals surface area contributed by atoms with Gasteiger partial charge in [-0.25, -0.2) is 0 Å². The summed E-state index contributed by atoms with van der Waals surface area (Å²) in [5, 5.41) is 21.2. The Morgan fingerprint density at radius 3 is 2.27 bits per heavy atom. The van der Waals surface area contributed by atoms with E-state index < -0.39 is 58.7 Å². The normalized spacial score (nSPS) is 14.4. The summed E-state index contributed by atoms with van der Waals surface area (Å²) in [4.78, 5) is 44.1. The first-order valence-electron chi connectivity index (χ1n) is 6.06. The minimum atomic E-state index is -2.50. The number of amides is 2. The SMILES string of the molecule is N=[SH](=O)C[C@H](NC(=O)CC[C@H](N)C(=O)O)C(=O)NCC(=O)O. The molecule has 0 radical (unpaired) electrons. The number of nitrogens with two attached hydrogens (primary N) is 1. The minimum Gasteiger partial charge on any atom is -0.480 e. The molecule has 0 heterocycles. The van der Waals surface area contributed by atoms with Crippen molar-refractivity contribution in [3.8, 4) is 0 Å². The van der Waals surface area contributed by atoms with Gasteiger partial charge in [-0.1, -0.05) is 0 Å². The maximum atomic E-state index is 11.6. The highest BCUT2D eigenvalue weighted by Crippen LogP contribution is 1.97. The topological polar surface area (TPSA) is 200 Å². The molecular weight excluding hydrogens is 320 g/mol. The van der Waals surface area contributed by atoms with Crippen molar-refractivity contribution >= 4 is 34.3 Å². The maximum absolute atomic E-state index is 11.6. The Bertz CT molecular complexity index is 511. The number of carbonyl (C=O) groups is 4. The van der Waals surface area contributed by atoms with Crippen LogP contribution >= 0.6 is 0 Å². The average molecular weight is 338 g/mol. The Kier molecular flexibility index (Phi) is 8.70. The zero-order valence-electron chi connectivity index (χ0n) is 11.4. The number of thiol groups is 1. The van der Waals surface area contributed by atoms with Gasteiger partial charge in [0.05, 0.1) is 5.75 Å². The molecule has 0 saturated heterocycles. The van der Waals surface area contributed by atoms with Crippen LogP contribution < -0.4 is 16.4 Å². The summed E-state index contributed by atoms with van der Waals surface area (Å²) in [5.41, 5.74) is 5.22. The van der Waals surface area contributed by atoms with Crippen LogP contribution in [0.3, 0.4) is 0 Å². The molecule has 2 amide bonds. The smallest absolute Gasteiger partial charge is 0.322 e. The Morgan fingerprint density at radius 1 is 1.23 bits per heavy atom. The highest BCUT2D eigenvalue weighted by molar-refractivity contribution is 7.73. The van der Waals surface area contributed by atoms with Crippen molar-refractivity contribution in [2.45, 2.75) is 24.9 Å². The fourth-order valence-electron chi connectivity index (χ4n) is 1.32. The zero-order valence-corrected chi connectivity index (χ0v) is 12.3. The molecule has 0 spiro atoms. The minimum absolute atomic E-state index is 0.169. The summed E-state index contributed by atoms with van der Waals surface area (Å²) in [5.74, 6) is -4.69. The highest BCUT2D eigenvalue weighted by atomic mass is 32.2. The standard InChI is InChI=1S/C10H18N4O7S/c11-5(10(19)20)1-2-7(15)14-6(4-22(12)21)9(18)13-3-8(16)17/h5-6,12,22H,1-4,11H2,(H,13,18)(H,14,15)(H,16,17)(H,19,20)/t5-,6-/m0/s1. The van der Waals surface area contributed by atoms with Crippen LogP contribution in [-0.4, -0.2) is 62.6 Å². The third-order valence-corrected chi connectivity index (χ3v) is 3.11. The first-order chi connectivity index (χ1) is 10.1. The van der Waals surface area contributed by atoms with Crippen LogP contribution in [0.25, 0.3) is 0 Å². The molecule has 22 heavy (non-hydrogen) atoms. The van der Waals surface area contributed by atoms with Gasteiger partial charge in [-0.05, 0) is 6.42 Å². The summed E-state index contributed by atoms with van der Waals surface area (Å²) in [6.45, 7) is -0.691. The van der Waals surface area contributed by atoms with Crippen LogP contribution in [-0.2, 0) is 29.8 Å². The first kappa shape index (κ1) is 19.8. The number of nitrogens with one attached hydrogen (secondary N) is 3. The predicted octanol–water partition coefficient (Wildman–Crippen LogP) is -2.89. The molecule has 0 aromatic heterocycles. The van der Waals surface area contributed by atoms with Gasteiger partial charge in [0, 0.05) is 17.0 Å². The van der Waals surface area contributed by atoms with Crippen molar-refractivity contribution in [3.63, 3.8) is 0 Å². The van der Waals surface area contributed by atoms with Crippen molar-refractivity contribution in [2.75, 3.05) is 12.3 Å². The molecule has 0 bridgehead atoms. The van der Waals surface area contributed by atoms with Crippen molar-refractivity contribution < 1.29 is 33.6 Å². The van der Waals surface area contributed by atoms with Gasteiger partial charge < -0.3 is 26.6 Å². The molecule has 0 aliphatic heterocycles. The summed E-state index contributed by atoms with van der Waals surface area (Å²) in [7, 11) is -2.50. The summed E-state index contributed by atoms with van der Waals surface area (Å²) in [6.07, 6.45) is -0.456. The molecule has 1 unspecified atom stereocenters. The number of carboxylic acid groups (broad SMARTS) is 2. The molecule has 126 valence electrons. The average Bonchev–Trinajstić information content (AvgIpc) is 2.40. The molecule has 0 aromatic carbocycles. The fourth-order valence-corrected chi connectivity index (χ4v) is 1.91. The lowest BCUT2D eigenvalue weighted by Crippen LogP contribution is -2.50. The highest BCUT2D eigenvalue weighted by Gasteiger charge is 2.22. The van der Waals surface area contributed by atoms with Gasteiger partial charge in [0.25, 0.3) is 0 Å². The van der Waals surface area contributed by atoms with Crippen molar-refractivity contribution in [3.05, 3.63) is 0 Å². The Morgan fingerprint density at radius 2 is 1.82 bits per heavy atom. The van der Waals surface area contributed by atoms with E-state index in [9.17, 15) is 23.4 Å². The van der Waals surface area contributed by atoms with E-state index in [0.29, 0.717) is 0 Å². The molecule has 0 aromatic rings. The van der Waals surface area contributed by atoms with Gasteiger partial charge in [0.2, 0.25) is 11.8 Å². The number of rotatable bonds is 10. The summed E-state index contributed by atoms with van der Waals surface area (Å²) in [6, 6.07) is -2.58. The Balaban J connectivity index is 4.57. The third-order valence-electron chi connectivity index (χ3n) is 2.41. The molecule has 0 saturated carbocycles. The Labute approximate surface area is 127 Å². The third kappa shape index (κ3) is 8.86. The molecule has 0 fully saturated rings. The predicted molar refractivity (Wildman–Crippen MR) is 74.5 cm³/mol. The molecule has 3 atom stereocenters.